The molecule has 0 spiro atoms. The molecule has 0 atom stereocenters. The Bertz CT molecular complexity index is 233. The summed E-state index contributed by atoms with van der Waals surface area (Å²) in [7, 11) is 1.71. The smallest absolute Gasteiger partial charge is 0.191 e. The molecule has 0 radical (unpaired) electrons. The molecule has 0 aliphatic carbocycles. The Labute approximate surface area is 134 Å². The van der Waals surface area contributed by atoms with Crippen molar-refractivity contribution >= 4 is 29.9 Å². The average Bonchev–Trinajstić information content (AvgIpc) is 2.40. The van der Waals surface area contributed by atoms with Gasteiger partial charge in [-0.2, -0.15) is 0 Å². The second-order valence-electron chi connectivity index (χ2n) is 4.58. The molecule has 0 bridgehead atoms. The van der Waals surface area contributed by atoms with E-state index in [1.807, 2.05) is 0 Å². The van der Waals surface area contributed by atoms with Gasteiger partial charge in [-0.25, -0.2) is 0 Å². The first-order valence-electron chi connectivity index (χ1n) is 7.10. The van der Waals surface area contributed by atoms with Crippen molar-refractivity contribution in [1.29, 1.82) is 0 Å². The number of hydrogen-bond acceptors (Lipinski definition) is 3. The Morgan fingerprint density at radius 3 is 2.58 bits per heavy atom. The van der Waals surface area contributed by atoms with Gasteiger partial charge < -0.3 is 20.3 Å². The number of rotatable bonds is 7. The van der Waals surface area contributed by atoms with Crippen molar-refractivity contribution in [3.8, 4) is 0 Å². The van der Waals surface area contributed by atoms with Gasteiger partial charge >= 0.3 is 0 Å². The molecule has 0 saturated carbocycles. The van der Waals surface area contributed by atoms with Crippen LogP contribution in [0.3, 0.4) is 0 Å². The molecule has 1 aliphatic heterocycles. The topological polar surface area (TPSA) is 48.9 Å². The summed E-state index contributed by atoms with van der Waals surface area (Å²) in [6.07, 6.45) is 4.08. The second-order valence-corrected chi connectivity index (χ2v) is 4.58. The number of halogens is 1. The largest absolute Gasteiger partial charge is 0.383 e. The zero-order chi connectivity index (χ0) is 13.1. The third-order valence-corrected chi connectivity index (χ3v) is 3.08. The normalized spacial score (nSPS) is 16.8. The van der Waals surface area contributed by atoms with E-state index in [0.29, 0.717) is 6.61 Å². The number of aliphatic imine (C=N–C) groups is 1. The average molecular weight is 384 g/mol. The maximum Gasteiger partial charge on any atom is 0.191 e. The van der Waals surface area contributed by atoms with E-state index in [0.717, 1.165) is 32.1 Å². The van der Waals surface area contributed by atoms with Crippen molar-refractivity contribution in [3.05, 3.63) is 0 Å². The molecule has 0 aromatic rings. The lowest BCUT2D eigenvalue weighted by Crippen LogP contribution is -2.39. The lowest BCUT2D eigenvalue weighted by atomic mass is 10.1. The first-order valence-corrected chi connectivity index (χ1v) is 7.10. The second kappa shape index (κ2) is 12.9. The molecule has 0 aromatic heterocycles. The zero-order valence-corrected chi connectivity index (χ0v) is 14.6. The van der Waals surface area contributed by atoms with Gasteiger partial charge in [0.1, 0.15) is 0 Å². The van der Waals surface area contributed by atoms with Crippen LogP contribution < -0.4 is 10.6 Å². The molecule has 6 heteroatoms. The van der Waals surface area contributed by atoms with Crippen LogP contribution in [0, 0.1) is 0 Å². The van der Waals surface area contributed by atoms with Crippen LogP contribution in [0.25, 0.3) is 0 Å². The minimum absolute atomic E-state index is 0. The summed E-state index contributed by atoms with van der Waals surface area (Å²) < 4.78 is 5.02. The number of ether oxygens (including phenoxy) is 1. The van der Waals surface area contributed by atoms with E-state index in [4.69, 9.17) is 4.74 Å². The summed E-state index contributed by atoms with van der Waals surface area (Å²) in [6.45, 7) is 8.89. The summed E-state index contributed by atoms with van der Waals surface area (Å²) in [5.74, 6) is 0.895. The van der Waals surface area contributed by atoms with Gasteiger partial charge in [0.15, 0.2) is 5.96 Å². The van der Waals surface area contributed by atoms with Gasteiger partial charge in [-0.05, 0) is 32.9 Å². The number of likely N-dealkylation sites (tertiary alicyclic amines) is 1. The fraction of sp³-hybridized carbons (Fsp3) is 0.923. The van der Waals surface area contributed by atoms with E-state index in [9.17, 15) is 0 Å². The molecule has 1 aliphatic rings. The summed E-state index contributed by atoms with van der Waals surface area (Å²) >= 11 is 0. The van der Waals surface area contributed by atoms with Crippen LogP contribution in [0.5, 0.6) is 0 Å². The third-order valence-electron chi connectivity index (χ3n) is 3.08. The van der Waals surface area contributed by atoms with Crippen LogP contribution in [0.15, 0.2) is 4.99 Å². The lowest BCUT2D eigenvalue weighted by molar-refractivity contribution is 0.203. The predicted molar refractivity (Wildman–Crippen MR) is 91.6 cm³/mol. The minimum atomic E-state index is 0. The molecular weight excluding hydrogens is 355 g/mol. The van der Waals surface area contributed by atoms with Crippen LogP contribution in [0.1, 0.15) is 26.2 Å². The van der Waals surface area contributed by atoms with Gasteiger partial charge in [-0.3, -0.25) is 4.99 Å². The molecule has 0 aromatic carbocycles. The number of hydrogen-bond donors (Lipinski definition) is 2. The van der Waals surface area contributed by atoms with Gasteiger partial charge in [0, 0.05) is 26.7 Å². The fourth-order valence-electron chi connectivity index (χ4n) is 2.10. The number of nitrogens with zero attached hydrogens (tertiary/aromatic N) is 2. The fourth-order valence-corrected chi connectivity index (χ4v) is 2.10. The Kier molecular flexibility index (Phi) is 12.9. The number of nitrogens with one attached hydrogen (secondary N) is 2. The van der Waals surface area contributed by atoms with Gasteiger partial charge in [-0.15, -0.1) is 24.0 Å². The van der Waals surface area contributed by atoms with Gasteiger partial charge in [0.2, 0.25) is 0 Å². The summed E-state index contributed by atoms with van der Waals surface area (Å²) in [6, 6.07) is 0. The van der Waals surface area contributed by atoms with E-state index in [-0.39, 0.29) is 24.0 Å². The lowest BCUT2D eigenvalue weighted by Gasteiger charge is -2.25. The zero-order valence-electron chi connectivity index (χ0n) is 12.3. The summed E-state index contributed by atoms with van der Waals surface area (Å²) in [4.78, 5) is 7.08. The molecule has 1 fully saturated rings. The molecule has 1 rings (SSSR count). The highest BCUT2D eigenvalue weighted by Gasteiger charge is 2.08. The molecule has 0 amide bonds. The highest BCUT2D eigenvalue weighted by atomic mass is 127. The SMILES string of the molecule is CCNC(=NCCN1CCCCC1)NCCOC.I. The van der Waals surface area contributed by atoms with E-state index in [1.54, 1.807) is 7.11 Å². The number of guanidine groups is 1. The quantitative estimate of drug-likeness (QED) is 0.301. The van der Waals surface area contributed by atoms with Gasteiger partial charge in [0.25, 0.3) is 0 Å². The Balaban J connectivity index is 0.00000324. The standard InChI is InChI=1S/C13H28N4O.HI/c1-3-14-13(16-8-12-18-2)15-7-11-17-9-5-4-6-10-17;/h3-12H2,1-2H3,(H2,14,15,16);1H. The summed E-state index contributed by atoms with van der Waals surface area (Å²) in [5.41, 5.74) is 0. The van der Waals surface area contributed by atoms with Crippen molar-refractivity contribution in [2.75, 3.05) is 53.0 Å². The monoisotopic (exact) mass is 384 g/mol. The number of piperidine rings is 1. The van der Waals surface area contributed by atoms with Crippen molar-refractivity contribution in [2.24, 2.45) is 4.99 Å². The van der Waals surface area contributed by atoms with Crippen LogP contribution >= 0.6 is 24.0 Å². The Morgan fingerprint density at radius 1 is 1.21 bits per heavy atom. The highest BCUT2D eigenvalue weighted by Crippen LogP contribution is 2.07. The van der Waals surface area contributed by atoms with E-state index >= 15 is 0 Å². The van der Waals surface area contributed by atoms with Crippen molar-refractivity contribution in [3.63, 3.8) is 0 Å². The third kappa shape index (κ3) is 9.45. The Hall–Kier alpha value is -0.0800. The van der Waals surface area contributed by atoms with Crippen LogP contribution in [-0.4, -0.2) is 63.8 Å². The van der Waals surface area contributed by atoms with Crippen molar-refractivity contribution in [1.82, 2.24) is 15.5 Å². The van der Waals surface area contributed by atoms with Crippen LogP contribution in [0.2, 0.25) is 0 Å². The molecule has 1 saturated heterocycles. The molecule has 5 nitrogen and oxygen atoms in total. The highest BCUT2D eigenvalue weighted by molar-refractivity contribution is 14.0. The minimum Gasteiger partial charge on any atom is -0.383 e. The van der Waals surface area contributed by atoms with Crippen molar-refractivity contribution < 1.29 is 4.74 Å². The van der Waals surface area contributed by atoms with E-state index < -0.39 is 0 Å². The maximum absolute atomic E-state index is 5.02. The molecule has 0 unspecified atom stereocenters. The van der Waals surface area contributed by atoms with E-state index in [1.165, 1.54) is 32.4 Å². The molecule has 114 valence electrons. The first kappa shape index (κ1) is 18.9. The maximum atomic E-state index is 5.02. The molecular formula is C13H29IN4O. The molecule has 1 heterocycles. The predicted octanol–water partition coefficient (Wildman–Crippen LogP) is 1.29. The molecule has 19 heavy (non-hydrogen) atoms. The van der Waals surface area contributed by atoms with Gasteiger partial charge in [0.05, 0.1) is 13.2 Å². The summed E-state index contributed by atoms with van der Waals surface area (Å²) in [5, 5.41) is 6.50. The van der Waals surface area contributed by atoms with Gasteiger partial charge in [-0.1, -0.05) is 6.42 Å². The number of methoxy groups -OCH3 is 1. The van der Waals surface area contributed by atoms with E-state index in [2.05, 4.69) is 27.4 Å². The first-order chi connectivity index (χ1) is 8.86. The van der Waals surface area contributed by atoms with Crippen LogP contribution in [0.4, 0.5) is 0 Å². The Morgan fingerprint density at radius 2 is 1.95 bits per heavy atom. The molecule has 2 N–H and O–H groups in total. The van der Waals surface area contributed by atoms with Crippen molar-refractivity contribution in [2.45, 2.75) is 26.2 Å². The van der Waals surface area contributed by atoms with Crippen LogP contribution in [-0.2, 0) is 4.74 Å².